The number of carbonyl (C=O) groups excluding carboxylic acids is 1. The Kier molecular flexibility index (Phi) is 5.88. The molecule has 0 aliphatic carbocycles. The topological polar surface area (TPSA) is 100 Å². The van der Waals surface area contributed by atoms with Gasteiger partial charge in [-0.15, -0.1) is 0 Å². The van der Waals surface area contributed by atoms with Gasteiger partial charge in [0.05, 0.1) is 29.9 Å². The quantitative estimate of drug-likeness (QED) is 0.653. The molecule has 1 aliphatic rings. The molecule has 0 saturated carbocycles. The van der Waals surface area contributed by atoms with Crippen molar-refractivity contribution in [3.8, 4) is 0 Å². The zero-order chi connectivity index (χ0) is 22.0. The van der Waals surface area contributed by atoms with Crippen LogP contribution in [0.1, 0.15) is 34.2 Å². The van der Waals surface area contributed by atoms with Crippen LogP contribution in [0.15, 0.2) is 41.3 Å². The van der Waals surface area contributed by atoms with Crippen molar-refractivity contribution >= 4 is 22.5 Å². The summed E-state index contributed by atoms with van der Waals surface area (Å²) in [6.45, 7) is 2.76. The SMILES string of the molecule is CCc1nc2ccc(CN3CC=C(c4ccc(C(=O)NC)cn4)CO3)c(F)c2[nH]c1=O. The van der Waals surface area contributed by atoms with E-state index in [0.29, 0.717) is 35.3 Å². The monoisotopic (exact) mass is 423 g/mol. The first-order valence-electron chi connectivity index (χ1n) is 9.95. The van der Waals surface area contributed by atoms with Crippen molar-refractivity contribution in [3.05, 3.63) is 75.2 Å². The van der Waals surface area contributed by atoms with Crippen LogP contribution in [0.5, 0.6) is 0 Å². The molecule has 2 aromatic heterocycles. The molecule has 0 radical (unpaired) electrons. The van der Waals surface area contributed by atoms with Crippen molar-refractivity contribution in [1.82, 2.24) is 25.3 Å². The van der Waals surface area contributed by atoms with E-state index in [2.05, 4.69) is 20.3 Å². The number of carbonyl (C=O) groups is 1. The number of nitrogens with zero attached hydrogens (tertiary/aromatic N) is 3. The Morgan fingerprint density at radius 1 is 1.32 bits per heavy atom. The molecule has 0 bridgehead atoms. The first-order chi connectivity index (χ1) is 15.0. The molecule has 0 unspecified atom stereocenters. The number of fused-ring (bicyclic) bond motifs is 1. The normalized spacial score (nSPS) is 14.5. The number of pyridine rings is 1. The van der Waals surface area contributed by atoms with Gasteiger partial charge in [-0.2, -0.15) is 5.06 Å². The summed E-state index contributed by atoms with van der Waals surface area (Å²) < 4.78 is 15.0. The first kappa shape index (κ1) is 20.8. The lowest BCUT2D eigenvalue weighted by Crippen LogP contribution is -2.29. The number of amides is 1. The number of aromatic amines is 1. The van der Waals surface area contributed by atoms with E-state index in [1.807, 2.05) is 13.0 Å². The molecule has 0 fully saturated rings. The Labute approximate surface area is 177 Å². The van der Waals surface area contributed by atoms with Crippen LogP contribution in [0.3, 0.4) is 0 Å². The van der Waals surface area contributed by atoms with Gasteiger partial charge in [0, 0.05) is 30.9 Å². The van der Waals surface area contributed by atoms with Crippen LogP contribution in [0.4, 0.5) is 4.39 Å². The van der Waals surface area contributed by atoms with E-state index >= 15 is 0 Å². The molecule has 0 atom stereocenters. The molecule has 1 aliphatic heterocycles. The third-order valence-corrected chi connectivity index (χ3v) is 5.16. The number of hydroxylamine groups is 2. The van der Waals surface area contributed by atoms with Crippen molar-refractivity contribution in [2.75, 3.05) is 20.2 Å². The molecule has 8 nitrogen and oxygen atoms in total. The second-order valence-corrected chi connectivity index (χ2v) is 7.14. The molecule has 2 N–H and O–H groups in total. The summed E-state index contributed by atoms with van der Waals surface area (Å²) in [6.07, 6.45) is 3.96. The second-order valence-electron chi connectivity index (χ2n) is 7.14. The molecule has 1 amide bonds. The van der Waals surface area contributed by atoms with Gasteiger partial charge in [-0.1, -0.05) is 19.1 Å². The fourth-order valence-corrected chi connectivity index (χ4v) is 3.39. The summed E-state index contributed by atoms with van der Waals surface area (Å²) in [4.78, 5) is 40.6. The smallest absolute Gasteiger partial charge is 0.270 e. The minimum absolute atomic E-state index is 0.105. The maximum Gasteiger partial charge on any atom is 0.270 e. The Morgan fingerprint density at radius 2 is 2.16 bits per heavy atom. The van der Waals surface area contributed by atoms with Gasteiger partial charge in [-0.3, -0.25) is 19.4 Å². The van der Waals surface area contributed by atoms with Crippen LogP contribution in [0.2, 0.25) is 0 Å². The number of nitrogens with one attached hydrogen (secondary N) is 2. The number of aryl methyl sites for hydroxylation is 1. The van der Waals surface area contributed by atoms with Gasteiger partial charge in [-0.05, 0) is 24.6 Å². The average molecular weight is 423 g/mol. The lowest BCUT2D eigenvalue weighted by atomic mass is 10.1. The van der Waals surface area contributed by atoms with Crippen molar-refractivity contribution in [1.29, 1.82) is 0 Å². The van der Waals surface area contributed by atoms with Crippen molar-refractivity contribution < 1.29 is 14.0 Å². The maximum absolute atomic E-state index is 15.0. The highest BCUT2D eigenvalue weighted by molar-refractivity contribution is 5.93. The van der Waals surface area contributed by atoms with Crippen LogP contribution in [0, 0.1) is 5.82 Å². The van der Waals surface area contributed by atoms with Gasteiger partial charge in [-0.25, -0.2) is 9.37 Å². The number of aromatic nitrogens is 3. The van der Waals surface area contributed by atoms with Crippen molar-refractivity contribution in [2.45, 2.75) is 19.9 Å². The Bertz CT molecular complexity index is 1220. The van der Waals surface area contributed by atoms with Crippen LogP contribution < -0.4 is 10.9 Å². The summed E-state index contributed by atoms with van der Waals surface area (Å²) in [7, 11) is 1.57. The van der Waals surface area contributed by atoms with E-state index in [9.17, 15) is 14.0 Å². The number of H-pyrrole nitrogens is 1. The summed E-state index contributed by atoms with van der Waals surface area (Å²) >= 11 is 0. The molecule has 160 valence electrons. The lowest BCUT2D eigenvalue weighted by Gasteiger charge is -2.26. The van der Waals surface area contributed by atoms with E-state index in [-0.39, 0.29) is 30.1 Å². The standard InChI is InChI=1S/C22H22FN5O3/c1-3-16-22(30)27-20-18(26-16)7-5-14(19(20)23)11-28-9-8-15(12-31-28)17-6-4-13(10-25-17)21(29)24-2/h4-8,10H,3,9,11-12H2,1-2H3,(H,24,29)(H,27,30). The fraction of sp³-hybridized carbons (Fsp3) is 0.273. The van der Waals surface area contributed by atoms with Crippen LogP contribution in [-0.4, -0.2) is 46.1 Å². The van der Waals surface area contributed by atoms with E-state index < -0.39 is 5.82 Å². The minimum atomic E-state index is -0.505. The molecular weight excluding hydrogens is 401 g/mol. The van der Waals surface area contributed by atoms with Gasteiger partial charge in [0.15, 0.2) is 5.82 Å². The third kappa shape index (κ3) is 4.23. The average Bonchev–Trinajstić information content (AvgIpc) is 2.81. The van der Waals surface area contributed by atoms with Crippen molar-refractivity contribution in [3.63, 3.8) is 0 Å². The van der Waals surface area contributed by atoms with Gasteiger partial charge in [0.2, 0.25) is 0 Å². The van der Waals surface area contributed by atoms with Gasteiger partial charge < -0.3 is 10.3 Å². The zero-order valence-electron chi connectivity index (χ0n) is 17.2. The molecule has 31 heavy (non-hydrogen) atoms. The van der Waals surface area contributed by atoms with Gasteiger partial charge in [0.25, 0.3) is 11.5 Å². The molecule has 9 heteroatoms. The summed E-state index contributed by atoms with van der Waals surface area (Å²) in [5.41, 5.74) is 3.03. The van der Waals surface area contributed by atoms with Crippen molar-refractivity contribution in [2.24, 2.45) is 0 Å². The Balaban J connectivity index is 1.49. The highest BCUT2D eigenvalue weighted by Crippen LogP contribution is 2.22. The predicted molar refractivity (Wildman–Crippen MR) is 114 cm³/mol. The Morgan fingerprint density at radius 3 is 2.81 bits per heavy atom. The molecule has 0 spiro atoms. The molecule has 4 rings (SSSR count). The van der Waals surface area contributed by atoms with E-state index in [4.69, 9.17) is 4.84 Å². The Hall–Kier alpha value is -3.43. The van der Waals surface area contributed by atoms with Crippen LogP contribution in [0.25, 0.3) is 16.6 Å². The largest absolute Gasteiger partial charge is 0.355 e. The maximum atomic E-state index is 15.0. The number of rotatable bonds is 5. The third-order valence-electron chi connectivity index (χ3n) is 5.16. The van der Waals surface area contributed by atoms with E-state index in [1.165, 1.54) is 6.20 Å². The number of halogens is 1. The fourth-order valence-electron chi connectivity index (χ4n) is 3.39. The predicted octanol–water partition coefficient (Wildman–Crippen LogP) is 2.21. The molecule has 3 heterocycles. The van der Waals surface area contributed by atoms with E-state index in [1.54, 1.807) is 36.4 Å². The zero-order valence-corrected chi connectivity index (χ0v) is 17.2. The van der Waals surface area contributed by atoms with Crippen LogP contribution >= 0.6 is 0 Å². The molecule has 3 aromatic rings. The van der Waals surface area contributed by atoms with E-state index in [0.717, 1.165) is 11.3 Å². The highest BCUT2D eigenvalue weighted by atomic mass is 19.1. The summed E-state index contributed by atoms with van der Waals surface area (Å²) in [6, 6.07) is 6.83. The number of hydrogen-bond donors (Lipinski definition) is 2. The summed E-state index contributed by atoms with van der Waals surface area (Å²) in [5, 5.41) is 4.19. The molecular formula is C22H22FN5O3. The van der Waals surface area contributed by atoms with Crippen LogP contribution in [-0.2, 0) is 17.8 Å². The highest BCUT2D eigenvalue weighted by Gasteiger charge is 2.18. The minimum Gasteiger partial charge on any atom is -0.355 e. The van der Waals surface area contributed by atoms with Gasteiger partial charge >= 0.3 is 0 Å². The summed E-state index contributed by atoms with van der Waals surface area (Å²) in [5.74, 6) is -0.700. The second kappa shape index (κ2) is 8.75. The molecule has 1 aromatic carbocycles. The number of hydrogen-bond acceptors (Lipinski definition) is 6. The van der Waals surface area contributed by atoms with Gasteiger partial charge in [0.1, 0.15) is 11.2 Å². The first-order valence-corrected chi connectivity index (χ1v) is 9.95. The number of benzene rings is 1. The lowest BCUT2D eigenvalue weighted by molar-refractivity contribution is -0.151. The molecule has 0 saturated heterocycles.